The molecule has 122 valence electrons. The van der Waals surface area contributed by atoms with Gasteiger partial charge in [-0.15, -0.1) is 0 Å². The summed E-state index contributed by atoms with van der Waals surface area (Å²) >= 11 is 24.0. The summed E-state index contributed by atoms with van der Waals surface area (Å²) in [5.41, 5.74) is 1.34. The van der Waals surface area contributed by atoms with E-state index in [9.17, 15) is 4.79 Å². The Balaban J connectivity index is 1.97. The van der Waals surface area contributed by atoms with Gasteiger partial charge in [0.2, 0.25) is 5.91 Å². The molecule has 1 N–H and O–H groups in total. The SMILES string of the molecule is CN(CC(=O)Nc1c(Cl)cccc1Cl)Cc1cc(Cl)cc(Cl)c1. The van der Waals surface area contributed by atoms with Crippen molar-refractivity contribution in [1.82, 2.24) is 4.90 Å². The summed E-state index contributed by atoms with van der Waals surface area (Å²) < 4.78 is 0. The van der Waals surface area contributed by atoms with Crippen LogP contribution in [0.4, 0.5) is 5.69 Å². The van der Waals surface area contributed by atoms with Crippen molar-refractivity contribution in [2.45, 2.75) is 6.54 Å². The Morgan fingerprint density at radius 2 is 1.61 bits per heavy atom. The standard InChI is InChI=1S/C16H14Cl4N2O/c1-22(8-10-5-11(17)7-12(18)6-10)9-15(23)21-16-13(19)3-2-4-14(16)20/h2-7H,8-9H2,1H3,(H,21,23). The highest BCUT2D eigenvalue weighted by Crippen LogP contribution is 2.29. The van der Waals surface area contributed by atoms with Gasteiger partial charge in [-0.1, -0.05) is 52.5 Å². The fraction of sp³-hybridized carbons (Fsp3) is 0.188. The van der Waals surface area contributed by atoms with E-state index in [1.165, 1.54) is 0 Å². The number of nitrogens with one attached hydrogen (secondary N) is 1. The molecular weight excluding hydrogens is 378 g/mol. The average molecular weight is 392 g/mol. The van der Waals surface area contributed by atoms with Crippen LogP contribution in [0.15, 0.2) is 36.4 Å². The number of hydrogen-bond donors (Lipinski definition) is 1. The second kappa shape index (κ2) is 8.22. The molecule has 0 aliphatic heterocycles. The number of rotatable bonds is 5. The average Bonchev–Trinajstić information content (AvgIpc) is 2.41. The molecule has 7 heteroatoms. The molecule has 0 radical (unpaired) electrons. The minimum Gasteiger partial charge on any atom is -0.322 e. The minimum absolute atomic E-state index is 0.172. The normalized spacial score (nSPS) is 10.9. The monoisotopic (exact) mass is 390 g/mol. The largest absolute Gasteiger partial charge is 0.322 e. The molecule has 0 bridgehead atoms. The number of carbonyl (C=O) groups is 1. The van der Waals surface area contributed by atoms with Crippen LogP contribution in [0, 0.1) is 0 Å². The molecule has 0 spiro atoms. The summed E-state index contributed by atoms with van der Waals surface area (Å²) in [6, 6.07) is 10.3. The van der Waals surface area contributed by atoms with E-state index in [0.29, 0.717) is 32.3 Å². The minimum atomic E-state index is -0.212. The predicted octanol–water partition coefficient (Wildman–Crippen LogP) is 5.37. The number of carbonyl (C=O) groups excluding carboxylic acids is 1. The summed E-state index contributed by atoms with van der Waals surface area (Å²) in [5, 5.41) is 4.64. The second-order valence-corrected chi connectivity index (χ2v) is 6.78. The zero-order valence-corrected chi connectivity index (χ0v) is 15.3. The van der Waals surface area contributed by atoms with E-state index in [-0.39, 0.29) is 12.5 Å². The Labute approximate surface area is 155 Å². The molecule has 3 nitrogen and oxygen atoms in total. The Hall–Kier alpha value is -0.970. The molecule has 0 saturated carbocycles. The molecule has 2 rings (SSSR count). The quantitative estimate of drug-likeness (QED) is 0.742. The fourth-order valence-electron chi connectivity index (χ4n) is 2.11. The van der Waals surface area contributed by atoms with Gasteiger partial charge in [0, 0.05) is 16.6 Å². The number of anilines is 1. The van der Waals surface area contributed by atoms with Gasteiger partial charge in [-0.05, 0) is 42.9 Å². The Kier molecular flexibility index (Phi) is 6.57. The summed E-state index contributed by atoms with van der Waals surface area (Å²) in [6.45, 7) is 0.704. The van der Waals surface area contributed by atoms with E-state index in [4.69, 9.17) is 46.4 Å². The molecule has 0 fully saturated rings. The van der Waals surface area contributed by atoms with Gasteiger partial charge in [-0.3, -0.25) is 9.69 Å². The third kappa shape index (κ3) is 5.55. The van der Waals surface area contributed by atoms with Crippen molar-refractivity contribution in [1.29, 1.82) is 0 Å². The van der Waals surface area contributed by atoms with Crippen LogP contribution in [-0.2, 0) is 11.3 Å². The highest BCUT2D eigenvalue weighted by atomic mass is 35.5. The van der Waals surface area contributed by atoms with Crippen molar-refractivity contribution < 1.29 is 4.79 Å². The van der Waals surface area contributed by atoms with Gasteiger partial charge in [0.15, 0.2) is 0 Å². The van der Waals surface area contributed by atoms with E-state index in [0.717, 1.165) is 5.56 Å². The number of halogens is 4. The first-order valence-corrected chi connectivity index (χ1v) is 8.23. The number of likely N-dealkylation sites (N-methyl/N-ethyl adjacent to an activating group) is 1. The van der Waals surface area contributed by atoms with Crippen molar-refractivity contribution >= 4 is 58.0 Å². The molecular formula is C16H14Cl4N2O. The molecule has 0 aliphatic carbocycles. The lowest BCUT2D eigenvalue weighted by Crippen LogP contribution is -2.30. The van der Waals surface area contributed by atoms with E-state index < -0.39 is 0 Å². The van der Waals surface area contributed by atoms with Gasteiger partial charge in [-0.25, -0.2) is 0 Å². The smallest absolute Gasteiger partial charge is 0.238 e. The molecule has 2 aromatic rings. The van der Waals surface area contributed by atoms with Crippen LogP contribution in [0.25, 0.3) is 0 Å². The fourth-order valence-corrected chi connectivity index (χ4v) is 3.17. The molecule has 0 heterocycles. The van der Waals surface area contributed by atoms with Crippen molar-refractivity contribution in [2.75, 3.05) is 18.9 Å². The predicted molar refractivity (Wildman–Crippen MR) is 97.9 cm³/mol. The molecule has 0 unspecified atom stereocenters. The van der Waals surface area contributed by atoms with Gasteiger partial charge >= 0.3 is 0 Å². The third-order valence-electron chi connectivity index (χ3n) is 3.02. The molecule has 0 atom stereocenters. The van der Waals surface area contributed by atoms with Crippen LogP contribution in [0.1, 0.15) is 5.56 Å². The zero-order valence-electron chi connectivity index (χ0n) is 12.2. The van der Waals surface area contributed by atoms with E-state index in [2.05, 4.69) is 5.32 Å². The summed E-state index contributed by atoms with van der Waals surface area (Å²) in [4.78, 5) is 14.0. The second-order valence-electron chi connectivity index (χ2n) is 5.09. The Bertz CT molecular complexity index is 681. The maximum Gasteiger partial charge on any atom is 0.238 e. The van der Waals surface area contributed by atoms with Crippen molar-refractivity contribution in [3.63, 3.8) is 0 Å². The summed E-state index contributed by atoms with van der Waals surface area (Å²) in [5.74, 6) is -0.212. The number of benzene rings is 2. The number of amides is 1. The lowest BCUT2D eigenvalue weighted by Gasteiger charge is -2.17. The van der Waals surface area contributed by atoms with E-state index in [1.54, 1.807) is 24.3 Å². The van der Waals surface area contributed by atoms with Crippen LogP contribution in [-0.4, -0.2) is 24.4 Å². The Morgan fingerprint density at radius 3 is 2.17 bits per heavy atom. The first kappa shape index (κ1) is 18.4. The highest BCUT2D eigenvalue weighted by molar-refractivity contribution is 6.39. The van der Waals surface area contributed by atoms with Gasteiger partial charge in [0.25, 0.3) is 0 Å². The molecule has 1 amide bonds. The van der Waals surface area contributed by atoms with Crippen LogP contribution < -0.4 is 5.32 Å². The first-order chi connectivity index (χ1) is 10.8. The summed E-state index contributed by atoms with van der Waals surface area (Å²) in [6.07, 6.45) is 0. The third-order valence-corrected chi connectivity index (χ3v) is 4.08. The number of hydrogen-bond acceptors (Lipinski definition) is 2. The maximum atomic E-state index is 12.1. The molecule has 0 aliphatic rings. The Morgan fingerprint density at radius 1 is 1.04 bits per heavy atom. The first-order valence-electron chi connectivity index (χ1n) is 6.72. The van der Waals surface area contributed by atoms with E-state index >= 15 is 0 Å². The lowest BCUT2D eigenvalue weighted by molar-refractivity contribution is -0.117. The number of nitrogens with zero attached hydrogens (tertiary/aromatic N) is 1. The molecule has 0 saturated heterocycles. The maximum absolute atomic E-state index is 12.1. The topological polar surface area (TPSA) is 32.3 Å². The van der Waals surface area contributed by atoms with Gasteiger partial charge < -0.3 is 5.32 Å². The van der Waals surface area contributed by atoms with Gasteiger partial charge in [0.1, 0.15) is 0 Å². The van der Waals surface area contributed by atoms with Crippen molar-refractivity contribution in [3.8, 4) is 0 Å². The molecule has 23 heavy (non-hydrogen) atoms. The summed E-state index contributed by atoms with van der Waals surface area (Å²) in [7, 11) is 1.82. The van der Waals surface area contributed by atoms with Crippen molar-refractivity contribution in [2.24, 2.45) is 0 Å². The van der Waals surface area contributed by atoms with Gasteiger partial charge in [0.05, 0.1) is 22.3 Å². The zero-order chi connectivity index (χ0) is 17.0. The van der Waals surface area contributed by atoms with Crippen molar-refractivity contribution in [3.05, 3.63) is 62.1 Å². The van der Waals surface area contributed by atoms with Crippen LogP contribution in [0.3, 0.4) is 0 Å². The van der Waals surface area contributed by atoms with Gasteiger partial charge in [-0.2, -0.15) is 0 Å². The highest BCUT2D eigenvalue weighted by Gasteiger charge is 2.12. The van der Waals surface area contributed by atoms with Crippen LogP contribution in [0.2, 0.25) is 20.1 Å². The lowest BCUT2D eigenvalue weighted by atomic mass is 10.2. The van der Waals surface area contributed by atoms with Crippen LogP contribution in [0.5, 0.6) is 0 Å². The van der Waals surface area contributed by atoms with E-state index in [1.807, 2.05) is 24.1 Å². The number of para-hydroxylation sites is 1. The molecule has 0 aromatic heterocycles. The molecule has 2 aromatic carbocycles. The van der Waals surface area contributed by atoms with Crippen LogP contribution >= 0.6 is 46.4 Å².